The number of nitro benzene ring substituents is 1. The van der Waals surface area contributed by atoms with Crippen LogP contribution in [0, 0.1) is 17.0 Å². The van der Waals surface area contributed by atoms with E-state index in [1.165, 1.54) is 12.1 Å². The van der Waals surface area contributed by atoms with Gasteiger partial charge in [0.15, 0.2) is 22.2 Å². The van der Waals surface area contributed by atoms with Crippen LogP contribution >= 0.6 is 0 Å². The molecule has 0 bridgehead atoms. The molecule has 25 heavy (non-hydrogen) atoms. The van der Waals surface area contributed by atoms with E-state index in [1.807, 2.05) is 0 Å². The zero-order valence-corrected chi connectivity index (χ0v) is 14.7. The molecule has 0 aromatic heterocycles. The molecule has 1 saturated heterocycles. The Balaban J connectivity index is 1.71. The molecule has 9 heteroatoms. The fourth-order valence-electron chi connectivity index (χ4n) is 3.15. The summed E-state index contributed by atoms with van der Waals surface area (Å²) in [6.45, 7) is 1.44. The van der Waals surface area contributed by atoms with Gasteiger partial charge in [-0.2, -0.15) is 0 Å². The quantitative estimate of drug-likeness (QED) is 0.556. The van der Waals surface area contributed by atoms with Crippen molar-refractivity contribution in [2.45, 2.75) is 38.3 Å². The third-order valence-corrected chi connectivity index (χ3v) is 6.24. The normalized spacial score (nSPS) is 21.7. The maximum absolute atomic E-state index is 12.6. The van der Waals surface area contributed by atoms with Crippen molar-refractivity contribution in [3.8, 4) is 5.75 Å². The number of nitro groups is 1. The van der Waals surface area contributed by atoms with Crippen LogP contribution in [0.2, 0.25) is 0 Å². The molecule has 8 nitrogen and oxygen atoms in total. The van der Waals surface area contributed by atoms with E-state index in [0.29, 0.717) is 6.42 Å². The SMILES string of the molecule is Cc1ccc([N+](=O)[O-])c(OCC(=O)N(C2CC2)C2CCS(=O)(=O)C2)c1. The molecule has 1 heterocycles. The molecule has 0 radical (unpaired) electrons. The van der Waals surface area contributed by atoms with Gasteiger partial charge in [0.1, 0.15) is 0 Å². The van der Waals surface area contributed by atoms with Gasteiger partial charge in [0.05, 0.1) is 16.4 Å². The number of hydrogen-bond acceptors (Lipinski definition) is 6. The Morgan fingerprint density at radius 3 is 2.60 bits per heavy atom. The summed E-state index contributed by atoms with van der Waals surface area (Å²) < 4.78 is 28.8. The maximum atomic E-state index is 12.6. The Labute approximate surface area is 145 Å². The lowest BCUT2D eigenvalue weighted by Gasteiger charge is -2.28. The molecule has 0 spiro atoms. The maximum Gasteiger partial charge on any atom is 0.310 e. The molecule has 136 valence electrons. The Hall–Kier alpha value is -2.16. The molecule has 1 aromatic rings. The van der Waals surface area contributed by atoms with Gasteiger partial charge in [0, 0.05) is 18.2 Å². The van der Waals surface area contributed by atoms with E-state index in [0.717, 1.165) is 18.4 Å². The highest BCUT2D eigenvalue weighted by molar-refractivity contribution is 7.91. The van der Waals surface area contributed by atoms with Crippen LogP contribution < -0.4 is 4.74 Å². The molecule has 1 aromatic carbocycles. The predicted molar refractivity (Wildman–Crippen MR) is 90.3 cm³/mol. The number of amides is 1. The van der Waals surface area contributed by atoms with E-state index in [9.17, 15) is 23.3 Å². The largest absolute Gasteiger partial charge is 0.477 e. The lowest BCUT2D eigenvalue weighted by atomic mass is 10.2. The number of ether oxygens (including phenoxy) is 1. The topological polar surface area (TPSA) is 107 Å². The first-order valence-corrected chi connectivity index (χ1v) is 9.98. The second-order valence-corrected chi connectivity index (χ2v) is 8.83. The van der Waals surface area contributed by atoms with Crippen LogP contribution in [-0.2, 0) is 14.6 Å². The summed E-state index contributed by atoms with van der Waals surface area (Å²) in [6.07, 6.45) is 2.15. The Kier molecular flexibility index (Phi) is 4.68. The van der Waals surface area contributed by atoms with Crippen molar-refractivity contribution in [1.82, 2.24) is 4.90 Å². The predicted octanol–water partition coefficient (Wildman–Crippen LogP) is 1.46. The average molecular weight is 368 g/mol. The third-order valence-electron chi connectivity index (χ3n) is 4.49. The first-order chi connectivity index (χ1) is 11.8. The summed E-state index contributed by atoms with van der Waals surface area (Å²) in [4.78, 5) is 24.7. The highest BCUT2D eigenvalue weighted by Crippen LogP contribution is 2.33. The fourth-order valence-corrected chi connectivity index (χ4v) is 4.87. The molecular formula is C16H20N2O6S. The van der Waals surface area contributed by atoms with Crippen molar-refractivity contribution in [2.24, 2.45) is 0 Å². The van der Waals surface area contributed by atoms with Crippen LogP contribution in [0.15, 0.2) is 18.2 Å². The molecule has 1 aliphatic carbocycles. The first kappa shape index (κ1) is 17.7. The van der Waals surface area contributed by atoms with E-state index in [-0.39, 0.29) is 47.5 Å². The van der Waals surface area contributed by atoms with Gasteiger partial charge in [-0.05, 0) is 37.8 Å². The van der Waals surface area contributed by atoms with Crippen molar-refractivity contribution < 1.29 is 22.9 Å². The van der Waals surface area contributed by atoms with E-state index < -0.39 is 14.8 Å². The van der Waals surface area contributed by atoms with E-state index in [2.05, 4.69) is 0 Å². The summed E-state index contributed by atoms with van der Waals surface area (Å²) in [5.41, 5.74) is 0.591. The van der Waals surface area contributed by atoms with Gasteiger partial charge >= 0.3 is 5.69 Å². The fraction of sp³-hybridized carbons (Fsp3) is 0.562. The minimum Gasteiger partial charge on any atom is -0.477 e. The first-order valence-electron chi connectivity index (χ1n) is 8.16. The minimum absolute atomic E-state index is 0.0141. The Bertz CT molecular complexity index is 803. The molecule has 1 aliphatic heterocycles. The molecule has 1 amide bonds. The van der Waals surface area contributed by atoms with Gasteiger partial charge in [-0.3, -0.25) is 14.9 Å². The molecule has 1 atom stereocenters. The summed E-state index contributed by atoms with van der Waals surface area (Å²) in [6, 6.07) is 4.21. The standard InChI is InChI=1S/C16H20N2O6S/c1-11-2-5-14(18(20)21)15(8-11)24-9-16(19)17(12-3-4-12)13-6-7-25(22,23)10-13/h2,5,8,12-13H,3-4,6-7,9-10H2,1H3. The van der Waals surface area contributed by atoms with Crippen LogP contribution in [0.4, 0.5) is 5.69 Å². The molecule has 1 saturated carbocycles. The molecule has 1 unspecified atom stereocenters. The van der Waals surface area contributed by atoms with Crippen LogP contribution in [-0.4, -0.2) is 54.3 Å². The number of nitrogens with zero attached hydrogens (tertiary/aromatic N) is 2. The van der Waals surface area contributed by atoms with Gasteiger partial charge in [0.2, 0.25) is 0 Å². The van der Waals surface area contributed by atoms with Crippen LogP contribution in [0.1, 0.15) is 24.8 Å². The summed E-state index contributed by atoms with van der Waals surface area (Å²) in [5, 5.41) is 11.1. The lowest BCUT2D eigenvalue weighted by molar-refractivity contribution is -0.385. The van der Waals surface area contributed by atoms with Crippen molar-refractivity contribution >= 4 is 21.4 Å². The smallest absolute Gasteiger partial charge is 0.310 e. The van der Waals surface area contributed by atoms with Crippen molar-refractivity contribution in [3.05, 3.63) is 33.9 Å². The minimum atomic E-state index is -3.09. The zero-order chi connectivity index (χ0) is 18.2. The number of rotatable bonds is 6. The van der Waals surface area contributed by atoms with Crippen LogP contribution in [0.5, 0.6) is 5.75 Å². The number of aryl methyl sites for hydroxylation is 1. The zero-order valence-electron chi connectivity index (χ0n) is 13.9. The molecule has 3 rings (SSSR count). The third kappa shape index (κ3) is 4.09. The van der Waals surface area contributed by atoms with Crippen molar-refractivity contribution in [3.63, 3.8) is 0 Å². The summed E-state index contributed by atoms with van der Waals surface area (Å²) in [5.74, 6) is -0.188. The number of carbonyl (C=O) groups excluding carboxylic acids is 1. The second-order valence-electron chi connectivity index (χ2n) is 6.61. The molecular weight excluding hydrogens is 348 g/mol. The van der Waals surface area contributed by atoms with Gasteiger partial charge in [-0.1, -0.05) is 6.07 Å². The second kappa shape index (κ2) is 6.62. The van der Waals surface area contributed by atoms with Gasteiger partial charge in [-0.15, -0.1) is 0 Å². The van der Waals surface area contributed by atoms with Gasteiger partial charge in [-0.25, -0.2) is 8.42 Å². The van der Waals surface area contributed by atoms with Crippen molar-refractivity contribution in [2.75, 3.05) is 18.1 Å². The average Bonchev–Trinajstić information content (AvgIpc) is 3.29. The molecule has 0 N–H and O–H groups in total. The number of hydrogen-bond donors (Lipinski definition) is 0. The number of sulfone groups is 1. The summed E-state index contributed by atoms with van der Waals surface area (Å²) >= 11 is 0. The highest BCUT2D eigenvalue weighted by Gasteiger charge is 2.42. The molecule has 2 fully saturated rings. The number of carbonyl (C=O) groups is 1. The highest BCUT2D eigenvalue weighted by atomic mass is 32.2. The van der Waals surface area contributed by atoms with E-state index in [4.69, 9.17) is 4.74 Å². The molecule has 2 aliphatic rings. The summed E-state index contributed by atoms with van der Waals surface area (Å²) in [7, 11) is -3.09. The Morgan fingerprint density at radius 2 is 2.04 bits per heavy atom. The van der Waals surface area contributed by atoms with Crippen molar-refractivity contribution in [1.29, 1.82) is 0 Å². The monoisotopic (exact) mass is 368 g/mol. The number of benzene rings is 1. The van der Waals surface area contributed by atoms with Crippen LogP contribution in [0.25, 0.3) is 0 Å². The van der Waals surface area contributed by atoms with Gasteiger partial charge < -0.3 is 9.64 Å². The van der Waals surface area contributed by atoms with E-state index >= 15 is 0 Å². The van der Waals surface area contributed by atoms with Gasteiger partial charge in [0.25, 0.3) is 5.91 Å². The van der Waals surface area contributed by atoms with E-state index in [1.54, 1.807) is 17.9 Å². The lowest BCUT2D eigenvalue weighted by Crippen LogP contribution is -2.45. The van der Waals surface area contributed by atoms with Crippen LogP contribution in [0.3, 0.4) is 0 Å². The Morgan fingerprint density at radius 1 is 1.32 bits per heavy atom.